The maximum Gasteiger partial charge on any atom is 0.245 e. The van der Waals surface area contributed by atoms with E-state index in [2.05, 4.69) is 9.82 Å². The number of hydrogen-bond acceptors (Lipinski definition) is 5. The molecule has 8 heteroatoms. The number of nitrogens with two attached hydrogens (primary N) is 1. The highest BCUT2D eigenvalue weighted by molar-refractivity contribution is 7.89. The predicted octanol–water partition coefficient (Wildman–Crippen LogP) is 0.723. The van der Waals surface area contributed by atoms with Gasteiger partial charge in [-0.3, -0.25) is 4.68 Å². The molecule has 0 aromatic carbocycles. The molecule has 0 radical (unpaired) electrons. The molecule has 3 N–H and O–H groups in total. The lowest BCUT2D eigenvalue weighted by Crippen LogP contribution is -2.28. The molecule has 0 saturated heterocycles. The minimum Gasteiger partial charge on any atom is -0.381 e. The summed E-state index contributed by atoms with van der Waals surface area (Å²) in [4.78, 5) is 0.0280. The van der Waals surface area contributed by atoms with Crippen molar-refractivity contribution in [1.29, 1.82) is 0 Å². The van der Waals surface area contributed by atoms with Crippen molar-refractivity contribution in [2.45, 2.75) is 50.2 Å². The van der Waals surface area contributed by atoms with Gasteiger partial charge in [-0.1, -0.05) is 12.8 Å². The van der Waals surface area contributed by atoms with E-state index in [1.54, 1.807) is 0 Å². The second kappa shape index (κ2) is 6.55. The van der Waals surface area contributed by atoms with Crippen molar-refractivity contribution in [3.8, 4) is 0 Å². The monoisotopic (exact) mass is 302 g/mol. The van der Waals surface area contributed by atoms with Crippen molar-refractivity contribution >= 4 is 15.8 Å². The molecule has 2 rings (SSSR count). The Bertz CT molecular complexity index is 535. The van der Waals surface area contributed by atoms with E-state index in [1.165, 1.54) is 23.7 Å². The first kappa shape index (κ1) is 15.3. The highest BCUT2D eigenvalue weighted by Crippen LogP contribution is 2.20. The number of hydrogen-bond donors (Lipinski definition) is 2. The fourth-order valence-electron chi connectivity index (χ4n) is 2.32. The number of aryl methyl sites for hydroxylation is 1. The number of rotatable bonds is 7. The average Bonchev–Trinajstić information content (AvgIpc) is 3.04. The van der Waals surface area contributed by atoms with Crippen LogP contribution in [0.25, 0.3) is 0 Å². The second-order valence-electron chi connectivity index (χ2n) is 4.91. The van der Waals surface area contributed by atoms with E-state index < -0.39 is 10.0 Å². The molecule has 1 saturated carbocycles. The van der Waals surface area contributed by atoms with E-state index in [9.17, 15) is 8.42 Å². The Morgan fingerprint density at radius 3 is 2.80 bits per heavy atom. The molecule has 0 aliphatic heterocycles. The van der Waals surface area contributed by atoms with Crippen LogP contribution in [0, 0.1) is 0 Å². The number of aromatic nitrogens is 2. The Morgan fingerprint density at radius 2 is 2.20 bits per heavy atom. The van der Waals surface area contributed by atoms with Gasteiger partial charge in [-0.2, -0.15) is 5.10 Å². The summed E-state index contributed by atoms with van der Waals surface area (Å²) < 4.78 is 33.8. The van der Waals surface area contributed by atoms with Crippen molar-refractivity contribution in [2.24, 2.45) is 0 Å². The molecule has 0 bridgehead atoms. The Morgan fingerprint density at radius 1 is 1.50 bits per heavy atom. The summed E-state index contributed by atoms with van der Waals surface area (Å²) in [6.45, 7) is 3.07. The summed E-state index contributed by atoms with van der Waals surface area (Å²) >= 11 is 0. The van der Waals surface area contributed by atoms with Gasteiger partial charge in [-0.05, 0) is 19.8 Å². The van der Waals surface area contributed by atoms with E-state index in [0.717, 1.165) is 12.8 Å². The van der Waals surface area contributed by atoms with Gasteiger partial charge < -0.3 is 10.5 Å². The minimum absolute atomic E-state index is 0.0241. The Kier molecular flexibility index (Phi) is 5.00. The van der Waals surface area contributed by atoms with Gasteiger partial charge in [0.25, 0.3) is 0 Å². The number of nitrogens with zero attached hydrogens (tertiary/aromatic N) is 2. The highest BCUT2D eigenvalue weighted by Gasteiger charge is 2.21. The Labute approximate surface area is 119 Å². The van der Waals surface area contributed by atoms with E-state index >= 15 is 0 Å². The van der Waals surface area contributed by atoms with Crippen LogP contribution in [0.1, 0.15) is 32.6 Å². The zero-order valence-electron chi connectivity index (χ0n) is 11.7. The van der Waals surface area contributed by atoms with Crippen LogP contribution in [0.3, 0.4) is 0 Å². The smallest absolute Gasteiger partial charge is 0.245 e. The fraction of sp³-hybridized carbons (Fsp3) is 0.750. The molecule has 1 fully saturated rings. The molecule has 20 heavy (non-hydrogen) atoms. The molecule has 0 amide bonds. The molecule has 7 nitrogen and oxygen atoms in total. The Hall–Kier alpha value is -1.12. The zero-order chi connectivity index (χ0) is 14.6. The molecule has 114 valence electrons. The lowest BCUT2D eigenvalue weighted by Gasteiger charge is -2.11. The summed E-state index contributed by atoms with van der Waals surface area (Å²) in [5.41, 5.74) is 5.62. The largest absolute Gasteiger partial charge is 0.381 e. The van der Waals surface area contributed by atoms with E-state index in [-0.39, 0.29) is 23.4 Å². The van der Waals surface area contributed by atoms with Crippen molar-refractivity contribution in [2.75, 3.05) is 18.9 Å². The second-order valence-corrected chi connectivity index (χ2v) is 6.64. The third-order valence-corrected chi connectivity index (χ3v) is 4.90. The molecule has 0 atom stereocenters. The van der Waals surface area contributed by atoms with Crippen LogP contribution < -0.4 is 10.5 Å². The van der Waals surface area contributed by atoms with Crippen LogP contribution >= 0.6 is 0 Å². The van der Waals surface area contributed by atoms with Crippen molar-refractivity contribution in [3.63, 3.8) is 0 Å². The first-order valence-corrected chi connectivity index (χ1v) is 8.45. The molecular weight excluding hydrogens is 280 g/mol. The van der Waals surface area contributed by atoms with Crippen LogP contribution in [-0.2, 0) is 21.3 Å². The summed E-state index contributed by atoms with van der Waals surface area (Å²) in [5.74, 6) is 0.0241. The molecule has 1 heterocycles. The summed E-state index contributed by atoms with van der Waals surface area (Å²) in [7, 11) is -3.61. The van der Waals surface area contributed by atoms with Crippen LogP contribution in [0.5, 0.6) is 0 Å². The van der Waals surface area contributed by atoms with Crippen molar-refractivity contribution in [1.82, 2.24) is 14.5 Å². The number of ether oxygens (including phenoxy) is 1. The van der Waals surface area contributed by atoms with Crippen molar-refractivity contribution < 1.29 is 13.2 Å². The standard InChI is InChI=1S/C12H22N4O3S/c1-2-16-9-11(12(13)15-16)20(17,18)14-7-8-19-10-5-3-4-6-10/h9-10,14H,2-8H2,1H3,(H2,13,15). The molecule has 0 unspecified atom stereocenters. The first-order valence-electron chi connectivity index (χ1n) is 6.97. The lowest BCUT2D eigenvalue weighted by molar-refractivity contribution is 0.0626. The number of nitrogen functional groups attached to an aromatic ring is 1. The lowest BCUT2D eigenvalue weighted by atomic mass is 10.3. The Balaban J connectivity index is 1.85. The van der Waals surface area contributed by atoms with E-state index in [0.29, 0.717) is 13.2 Å². The third kappa shape index (κ3) is 3.71. The zero-order valence-corrected chi connectivity index (χ0v) is 12.5. The maximum absolute atomic E-state index is 12.1. The van der Waals surface area contributed by atoms with Gasteiger partial charge >= 0.3 is 0 Å². The predicted molar refractivity (Wildman–Crippen MR) is 75.7 cm³/mol. The average molecular weight is 302 g/mol. The molecule has 1 aromatic heterocycles. The SMILES string of the molecule is CCn1cc(S(=O)(=O)NCCOC2CCCC2)c(N)n1. The number of anilines is 1. The van der Waals surface area contributed by atoms with Crippen molar-refractivity contribution in [3.05, 3.63) is 6.20 Å². The molecule has 1 aliphatic rings. The van der Waals surface area contributed by atoms with Gasteiger partial charge in [0.05, 0.1) is 12.7 Å². The van der Waals surface area contributed by atoms with E-state index in [4.69, 9.17) is 10.5 Å². The van der Waals surface area contributed by atoms with Crippen LogP contribution in [-0.4, -0.2) is 37.5 Å². The molecule has 0 spiro atoms. The number of nitrogens with one attached hydrogen (secondary N) is 1. The first-order chi connectivity index (χ1) is 9.53. The molecule has 1 aliphatic carbocycles. The summed E-state index contributed by atoms with van der Waals surface area (Å²) in [6.07, 6.45) is 6.26. The van der Waals surface area contributed by atoms with Crippen LogP contribution in [0.4, 0.5) is 5.82 Å². The van der Waals surface area contributed by atoms with Gasteiger partial charge in [0, 0.05) is 19.3 Å². The minimum atomic E-state index is -3.61. The normalized spacial score (nSPS) is 16.9. The summed E-state index contributed by atoms with van der Waals surface area (Å²) in [6, 6.07) is 0. The van der Waals surface area contributed by atoms with Gasteiger partial charge in [-0.25, -0.2) is 13.1 Å². The topological polar surface area (TPSA) is 99.2 Å². The quantitative estimate of drug-likeness (QED) is 0.723. The van der Waals surface area contributed by atoms with Gasteiger partial charge in [0.1, 0.15) is 4.90 Å². The van der Waals surface area contributed by atoms with Gasteiger partial charge in [-0.15, -0.1) is 0 Å². The van der Waals surface area contributed by atoms with Gasteiger partial charge in [0.2, 0.25) is 10.0 Å². The van der Waals surface area contributed by atoms with E-state index in [1.807, 2.05) is 6.92 Å². The molecule has 1 aromatic rings. The molecular formula is C12H22N4O3S. The van der Waals surface area contributed by atoms with Crippen LogP contribution in [0.2, 0.25) is 0 Å². The van der Waals surface area contributed by atoms with Gasteiger partial charge in [0.15, 0.2) is 5.82 Å². The maximum atomic E-state index is 12.1. The number of sulfonamides is 1. The fourth-order valence-corrected chi connectivity index (χ4v) is 3.41. The third-order valence-electron chi connectivity index (χ3n) is 3.42. The summed E-state index contributed by atoms with van der Waals surface area (Å²) in [5, 5.41) is 3.93. The van der Waals surface area contributed by atoms with Crippen LogP contribution in [0.15, 0.2) is 11.1 Å². The highest BCUT2D eigenvalue weighted by atomic mass is 32.2.